The second kappa shape index (κ2) is 10.2. The Balaban J connectivity index is 2.62. The minimum atomic E-state index is -5.02. The van der Waals surface area contributed by atoms with E-state index in [0.717, 1.165) is 12.1 Å². The van der Waals surface area contributed by atoms with Crippen molar-refractivity contribution in [3.8, 4) is 0 Å². The number of hydrogen-bond acceptors (Lipinski definition) is 6. The summed E-state index contributed by atoms with van der Waals surface area (Å²) in [5.74, 6) is -2.70. The maximum absolute atomic E-state index is 12.3. The number of amides is 3. The van der Waals surface area contributed by atoms with Gasteiger partial charge in [-0.15, -0.1) is 11.3 Å². The lowest BCUT2D eigenvalue weighted by atomic mass is 10.2. The van der Waals surface area contributed by atoms with E-state index in [2.05, 4.69) is 15.0 Å². The maximum atomic E-state index is 12.3. The summed E-state index contributed by atoms with van der Waals surface area (Å²) >= 11 is 1.47. The molecule has 158 valence electrons. The largest absolute Gasteiger partial charge is 0.471 e. The third-order valence-electron chi connectivity index (χ3n) is 3.57. The quantitative estimate of drug-likeness (QED) is 0.622. The van der Waals surface area contributed by atoms with Crippen LogP contribution in [-0.4, -0.2) is 60.7 Å². The topological polar surface area (TPSA) is 101 Å². The molecule has 1 aromatic rings. The Morgan fingerprint density at radius 2 is 1.96 bits per heavy atom. The minimum absolute atomic E-state index is 0.188. The van der Waals surface area contributed by atoms with Crippen LogP contribution in [0, 0.1) is 0 Å². The molecule has 0 aliphatic heterocycles. The molecule has 1 atom stereocenters. The number of methoxy groups -OCH3 is 1. The number of halogens is 3. The van der Waals surface area contributed by atoms with Crippen LogP contribution in [0.25, 0.3) is 0 Å². The van der Waals surface area contributed by atoms with Crippen LogP contribution in [0.1, 0.15) is 36.9 Å². The lowest BCUT2D eigenvalue weighted by Gasteiger charge is -2.22. The number of nitrogens with zero attached hydrogens (tertiary/aromatic N) is 2. The van der Waals surface area contributed by atoms with Crippen LogP contribution in [0.5, 0.6) is 0 Å². The summed E-state index contributed by atoms with van der Waals surface area (Å²) in [6.45, 7) is 3.72. The van der Waals surface area contributed by atoms with Crippen molar-refractivity contribution in [2.45, 2.75) is 44.9 Å². The third-order valence-corrected chi connectivity index (χ3v) is 4.76. The standard InChI is InChI=1S/C16H23F3N4O4S/c1-9(2)12-21-10(8-28-12)7-23(3)15(26)22-11(13(24)27-4)5-6-20-14(25)16(17,18)19/h8-9,11H,5-7H2,1-4H3,(H,20,25)(H,22,26)/t11-/m0/s1. The summed E-state index contributed by atoms with van der Waals surface area (Å²) in [4.78, 5) is 40.6. The highest BCUT2D eigenvalue weighted by Crippen LogP contribution is 2.19. The first-order chi connectivity index (χ1) is 13.0. The van der Waals surface area contributed by atoms with Crippen molar-refractivity contribution in [2.24, 2.45) is 0 Å². The lowest BCUT2D eigenvalue weighted by molar-refractivity contribution is -0.173. The second-order valence-corrected chi connectivity index (χ2v) is 7.15. The van der Waals surface area contributed by atoms with Crippen molar-refractivity contribution < 1.29 is 32.3 Å². The zero-order chi connectivity index (χ0) is 21.5. The van der Waals surface area contributed by atoms with Crippen LogP contribution in [0.4, 0.5) is 18.0 Å². The number of hydrogen-bond donors (Lipinski definition) is 2. The first kappa shape index (κ1) is 23.7. The number of nitrogens with one attached hydrogen (secondary N) is 2. The van der Waals surface area contributed by atoms with Crippen LogP contribution in [0.3, 0.4) is 0 Å². The van der Waals surface area contributed by atoms with E-state index in [0.29, 0.717) is 5.69 Å². The number of esters is 1. The molecule has 3 amide bonds. The molecule has 1 heterocycles. The Morgan fingerprint density at radius 3 is 2.46 bits per heavy atom. The molecule has 0 aliphatic rings. The summed E-state index contributed by atoms with van der Waals surface area (Å²) in [6.07, 6.45) is -5.28. The predicted molar refractivity (Wildman–Crippen MR) is 95.7 cm³/mol. The molecule has 0 saturated heterocycles. The number of aromatic nitrogens is 1. The summed E-state index contributed by atoms with van der Waals surface area (Å²) < 4.78 is 41.1. The Labute approximate surface area is 164 Å². The third kappa shape index (κ3) is 7.33. The number of carbonyl (C=O) groups excluding carboxylic acids is 3. The number of carbonyl (C=O) groups is 3. The van der Waals surface area contributed by atoms with Gasteiger partial charge in [-0.25, -0.2) is 14.6 Å². The van der Waals surface area contributed by atoms with E-state index >= 15 is 0 Å². The van der Waals surface area contributed by atoms with Crippen molar-refractivity contribution in [3.63, 3.8) is 0 Å². The van der Waals surface area contributed by atoms with E-state index in [1.165, 1.54) is 23.3 Å². The second-order valence-electron chi connectivity index (χ2n) is 6.26. The van der Waals surface area contributed by atoms with Gasteiger partial charge in [-0.1, -0.05) is 13.8 Å². The first-order valence-corrected chi connectivity index (χ1v) is 9.22. The Kier molecular flexibility index (Phi) is 8.66. The smallest absolute Gasteiger partial charge is 0.467 e. The van der Waals surface area contributed by atoms with Gasteiger partial charge < -0.3 is 20.3 Å². The Bertz CT molecular complexity index is 694. The highest BCUT2D eigenvalue weighted by atomic mass is 32.1. The molecule has 8 nitrogen and oxygen atoms in total. The molecule has 0 unspecified atom stereocenters. The zero-order valence-corrected chi connectivity index (χ0v) is 16.7. The fraction of sp³-hybridized carbons (Fsp3) is 0.625. The van der Waals surface area contributed by atoms with E-state index in [4.69, 9.17) is 0 Å². The van der Waals surface area contributed by atoms with Gasteiger partial charge in [-0.2, -0.15) is 13.2 Å². The van der Waals surface area contributed by atoms with E-state index < -0.39 is 36.7 Å². The molecule has 0 fully saturated rings. The Morgan fingerprint density at radius 1 is 1.32 bits per heavy atom. The molecule has 2 N–H and O–H groups in total. The molecule has 0 aromatic carbocycles. The fourth-order valence-electron chi connectivity index (χ4n) is 2.06. The van der Waals surface area contributed by atoms with Gasteiger partial charge in [0.2, 0.25) is 0 Å². The lowest BCUT2D eigenvalue weighted by Crippen LogP contribution is -2.48. The minimum Gasteiger partial charge on any atom is -0.467 e. The van der Waals surface area contributed by atoms with Gasteiger partial charge in [0.25, 0.3) is 0 Å². The first-order valence-electron chi connectivity index (χ1n) is 8.34. The molecular weight excluding hydrogens is 401 g/mol. The van der Waals surface area contributed by atoms with Crippen molar-refractivity contribution in [1.29, 1.82) is 0 Å². The van der Waals surface area contributed by atoms with Crippen LogP contribution in [0.15, 0.2) is 5.38 Å². The van der Waals surface area contributed by atoms with Gasteiger partial charge in [0.15, 0.2) is 0 Å². The molecule has 1 aromatic heterocycles. The van der Waals surface area contributed by atoms with E-state index in [1.54, 1.807) is 5.32 Å². The van der Waals surface area contributed by atoms with Gasteiger partial charge in [-0.3, -0.25) is 4.79 Å². The molecule has 0 radical (unpaired) electrons. The van der Waals surface area contributed by atoms with Crippen molar-refractivity contribution in [2.75, 3.05) is 20.7 Å². The molecule has 0 aliphatic carbocycles. The van der Waals surface area contributed by atoms with Crippen molar-refractivity contribution in [1.82, 2.24) is 20.5 Å². The van der Waals surface area contributed by atoms with Crippen molar-refractivity contribution in [3.05, 3.63) is 16.1 Å². The number of alkyl halides is 3. The number of ether oxygens (including phenoxy) is 1. The average Bonchev–Trinajstić information content (AvgIpc) is 3.07. The molecule has 1 rings (SSSR count). The van der Waals surface area contributed by atoms with Gasteiger partial charge >= 0.3 is 24.1 Å². The normalized spacial score (nSPS) is 12.4. The monoisotopic (exact) mass is 424 g/mol. The van der Waals surface area contributed by atoms with Crippen LogP contribution >= 0.6 is 11.3 Å². The zero-order valence-electron chi connectivity index (χ0n) is 15.9. The van der Waals surface area contributed by atoms with Gasteiger partial charge in [0.1, 0.15) is 6.04 Å². The number of rotatable bonds is 8. The van der Waals surface area contributed by atoms with E-state index in [-0.39, 0.29) is 18.9 Å². The van der Waals surface area contributed by atoms with E-state index in [9.17, 15) is 27.6 Å². The summed E-state index contributed by atoms with van der Waals surface area (Å²) in [7, 11) is 2.58. The van der Waals surface area contributed by atoms with Gasteiger partial charge in [0.05, 0.1) is 24.4 Å². The van der Waals surface area contributed by atoms with Crippen LogP contribution in [0.2, 0.25) is 0 Å². The van der Waals surface area contributed by atoms with Crippen molar-refractivity contribution >= 4 is 29.2 Å². The van der Waals surface area contributed by atoms with Gasteiger partial charge in [-0.05, 0) is 6.42 Å². The maximum Gasteiger partial charge on any atom is 0.471 e. The molecule has 12 heteroatoms. The van der Waals surface area contributed by atoms with E-state index in [1.807, 2.05) is 19.2 Å². The average molecular weight is 424 g/mol. The van der Waals surface area contributed by atoms with Gasteiger partial charge in [0, 0.05) is 24.9 Å². The highest BCUT2D eigenvalue weighted by Gasteiger charge is 2.38. The SMILES string of the molecule is COC(=O)[C@H](CCNC(=O)C(F)(F)F)NC(=O)N(C)Cc1csc(C(C)C)n1. The summed E-state index contributed by atoms with van der Waals surface area (Å²) in [5.41, 5.74) is 0.679. The predicted octanol–water partition coefficient (Wildman–Crippen LogP) is 2.02. The summed E-state index contributed by atoms with van der Waals surface area (Å²) in [5, 5.41) is 6.78. The molecule has 0 saturated carbocycles. The molecule has 28 heavy (non-hydrogen) atoms. The highest BCUT2D eigenvalue weighted by molar-refractivity contribution is 7.09. The fourth-order valence-corrected chi connectivity index (χ4v) is 2.88. The number of urea groups is 1. The Hall–Kier alpha value is -2.37. The molecule has 0 bridgehead atoms. The number of thiazole rings is 1. The summed E-state index contributed by atoms with van der Waals surface area (Å²) in [6, 6.07) is -1.84. The molecule has 0 spiro atoms. The van der Waals surface area contributed by atoms with Crippen LogP contribution < -0.4 is 10.6 Å². The van der Waals surface area contributed by atoms with Crippen LogP contribution in [-0.2, 0) is 20.9 Å². The molecular formula is C16H23F3N4O4S.